The molecule has 5 atom stereocenters. The third-order valence-corrected chi connectivity index (χ3v) is 31.1. The molecule has 15 heteroatoms. The van der Waals surface area contributed by atoms with Gasteiger partial charge in [-0.25, -0.2) is 0 Å². The number of unbranched alkanes of at least 4 members (excludes halogenated alkanes) is 55. The lowest BCUT2D eigenvalue weighted by Gasteiger charge is -2.37. The van der Waals surface area contributed by atoms with Crippen molar-refractivity contribution in [2.75, 3.05) is 118 Å². The molecule has 0 saturated carbocycles. The van der Waals surface area contributed by atoms with Crippen LogP contribution in [-0.4, -0.2) is 183 Å². The van der Waals surface area contributed by atoms with Crippen LogP contribution >= 0.6 is 0 Å². The number of ether oxygens (including phenoxy) is 3. The average molecular weight is 1910 g/mol. The minimum atomic E-state index is -0.588. The van der Waals surface area contributed by atoms with E-state index in [-0.39, 0.29) is 35.7 Å². The van der Waals surface area contributed by atoms with Crippen LogP contribution in [0, 0.1) is 28.6 Å². The third-order valence-electron chi connectivity index (χ3n) is 31.1. The van der Waals surface area contributed by atoms with Gasteiger partial charge in [0, 0.05) is 65.4 Å². The minimum absolute atomic E-state index is 0.0390. The van der Waals surface area contributed by atoms with E-state index in [1.54, 1.807) is 0 Å². The lowest BCUT2D eigenvalue weighted by atomic mass is 9.74. The highest BCUT2D eigenvalue weighted by molar-refractivity contribution is 5.75. The molecule has 800 valence electrons. The molecule has 1 saturated heterocycles. The second kappa shape index (κ2) is 97.2. The van der Waals surface area contributed by atoms with Gasteiger partial charge in [-0.1, -0.05) is 467 Å². The van der Waals surface area contributed by atoms with E-state index in [2.05, 4.69) is 93.7 Å². The number of piperazine rings is 1. The van der Waals surface area contributed by atoms with Crippen LogP contribution in [0.15, 0.2) is 0 Å². The van der Waals surface area contributed by atoms with Gasteiger partial charge in [0.25, 0.3) is 0 Å². The van der Waals surface area contributed by atoms with Crippen LogP contribution in [0.1, 0.15) is 596 Å². The maximum atomic E-state index is 13.7. The van der Waals surface area contributed by atoms with E-state index in [0.29, 0.717) is 19.8 Å². The molecule has 2 N–H and O–H groups in total. The van der Waals surface area contributed by atoms with Crippen molar-refractivity contribution >= 4 is 29.8 Å². The molecule has 0 bridgehead atoms. The van der Waals surface area contributed by atoms with Crippen LogP contribution in [0.3, 0.4) is 0 Å². The number of hydrogen-bond acceptors (Lipinski definition) is 13. The fourth-order valence-electron chi connectivity index (χ4n) is 21.4. The number of carbonyl (C=O) groups is 5. The molecule has 1 fully saturated rings. The Hall–Kier alpha value is -2.85. The summed E-state index contributed by atoms with van der Waals surface area (Å²) in [7, 11) is 0. The van der Waals surface area contributed by atoms with Crippen LogP contribution in [0.4, 0.5) is 0 Å². The van der Waals surface area contributed by atoms with Gasteiger partial charge in [0.15, 0.2) is 0 Å². The van der Waals surface area contributed by atoms with Gasteiger partial charge in [0.05, 0.1) is 48.4 Å². The summed E-state index contributed by atoms with van der Waals surface area (Å²) >= 11 is 0. The Morgan fingerprint density at radius 1 is 0.215 bits per heavy atom. The number of aliphatic carboxylic acids is 2. The van der Waals surface area contributed by atoms with Crippen LogP contribution in [0.25, 0.3) is 0 Å². The van der Waals surface area contributed by atoms with Crippen molar-refractivity contribution in [3.05, 3.63) is 0 Å². The Balaban J connectivity index is 3.53. The highest BCUT2D eigenvalue weighted by atomic mass is 16.5. The second-order valence-electron chi connectivity index (χ2n) is 43.4. The monoisotopic (exact) mass is 1910 g/mol. The number of nitrogens with zero attached hydrogens (tertiary/aromatic N) is 5. The number of carbonyl (C=O) groups excluding carboxylic acids is 3. The van der Waals surface area contributed by atoms with Gasteiger partial charge < -0.3 is 39.1 Å². The summed E-state index contributed by atoms with van der Waals surface area (Å²) in [5.41, 5.74) is -1.18. The molecule has 0 aromatic heterocycles. The summed E-state index contributed by atoms with van der Waals surface area (Å²) in [6.45, 7) is 40.2. The average Bonchev–Trinajstić information content (AvgIpc) is 0.847. The Morgan fingerprint density at radius 3 is 0.593 bits per heavy atom. The van der Waals surface area contributed by atoms with Gasteiger partial charge in [-0.05, 0) is 161 Å². The van der Waals surface area contributed by atoms with Crippen LogP contribution < -0.4 is 0 Å². The van der Waals surface area contributed by atoms with E-state index in [9.17, 15) is 34.2 Å². The van der Waals surface area contributed by atoms with Crippen molar-refractivity contribution in [2.24, 2.45) is 28.6 Å². The maximum absolute atomic E-state index is 13.7. The Labute approximate surface area is 840 Å². The molecule has 1 aliphatic rings. The summed E-state index contributed by atoms with van der Waals surface area (Å²) in [4.78, 5) is 81.5. The first kappa shape index (κ1) is 130. The van der Waals surface area contributed by atoms with Gasteiger partial charge in [0.1, 0.15) is 0 Å². The van der Waals surface area contributed by atoms with E-state index in [0.717, 1.165) is 394 Å². The molecule has 0 radical (unpaired) electrons. The van der Waals surface area contributed by atoms with E-state index >= 15 is 0 Å². The molecule has 5 unspecified atom stereocenters. The highest BCUT2D eigenvalue weighted by Crippen LogP contribution is 2.40. The molecule has 15 nitrogen and oxygen atoms in total. The minimum Gasteiger partial charge on any atom is -0.481 e. The number of carboxylic acids is 2. The van der Waals surface area contributed by atoms with Crippen molar-refractivity contribution < 1.29 is 48.4 Å². The molecular weight excluding hydrogens is 1670 g/mol. The normalized spacial score (nSPS) is 14.4. The Morgan fingerprint density at radius 2 is 0.378 bits per heavy atom. The molecule has 0 aliphatic carbocycles. The van der Waals surface area contributed by atoms with E-state index in [4.69, 9.17) is 14.2 Å². The number of rotatable bonds is 109. The van der Waals surface area contributed by atoms with Crippen molar-refractivity contribution in [1.29, 1.82) is 0 Å². The first-order valence-electron chi connectivity index (χ1n) is 60.7. The molecular formula is C120H235N5O10. The summed E-state index contributed by atoms with van der Waals surface area (Å²) in [6, 6.07) is 0. The quantitative estimate of drug-likeness (QED) is 0.0335. The molecule has 1 rings (SSSR count). The van der Waals surface area contributed by atoms with E-state index < -0.39 is 22.8 Å². The lowest BCUT2D eigenvalue weighted by Crippen LogP contribution is -2.50. The van der Waals surface area contributed by atoms with Crippen molar-refractivity contribution in [3.8, 4) is 0 Å². The third kappa shape index (κ3) is 75.6. The highest BCUT2D eigenvalue weighted by Gasteiger charge is 2.38. The second-order valence-corrected chi connectivity index (χ2v) is 43.4. The standard InChI is InChI=1S/C120H235N5O10/c1-11-21-31-41-46-64-84-111(81-61-36-26-16-6)114(126)133-108-78-58-55-75-95-121(96-76-56-59-79-109-134-115(127)112(82-62-37-27-17-7)85-65-47-42-32-22-12-2)98-100-123(97-77-57-60-80-110-135-116(128)113(83-63-38-28-18-8)86-66-48-43-33-23-13-3)101-103-125-106-104-124(105-107-125)102-99-122(93-73-53-51-71-91-119(117(129)130,87-67-39-29-19-9)89-69-49-44-34-24-14-4)94-74-54-52-72-92-120(118(131)132,88-68-40-30-20-10)90-70-50-45-35-25-15-5/h111-113H,11-110H2,1-10H3,(H,129,130)(H,131,132). The molecule has 0 spiro atoms. The zero-order valence-electron chi connectivity index (χ0n) is 92.3. The van der Waals surface area contributed by atoms with Gasteiger partial charge in [-0.3, -0.25) is 33.8 Å². The van der Waals surface area contributed by atoms with Gasteiger partial charge in [-0.2, -0.15) is 0 Å². The van der Waals surface area contributed by atoms with Crippen molar-refractivity contribution in [1.82, 2.24) is 24.5 Å². The first-order valence-corrected chi connectivity index (χ1v) is 60.7. The van der Waals surface area contributed by atoms with Crippen molar-refractivity contribution in [2.45, 2.75) is 596 Å². The zero-order valence-corrected chi connectivity index (χ0v) is 92.3. The first-order chi connectivity index (χ1) is 66.1. The summed E-state index contributed by atoms with van der Waals surface area (Å²) in [6.07, 6.45) is 92.3. The largest absolute Gasteiger partial charge is 0.481 e. The van der Waals surface area contributed by atoms with Gasteiger partial charge in [-0.15, -0.1) is 0 Å². The van der Waals surface area contributed by atoms with E-state index in [1.807, 2.05) is 0 Å². The summed E-state index contributed by atoms with van der Waals surface area (Å²) in [5.74, 6) is -0.827. The summed E-state index contributed by atoms with van der Waals surface area (Å²) in [5, 5.41) is 21.9. The fourth-order valence-corrected chi connectivity index (χ4v) is 21.4. The molecule has 0 aromatic carbocycles. The molecule has 1 aliphatic heterocycles. The fraction of sp³-hybridized carbons (Fsp3) is 0.958. The maximum Gasteiger partial charge on any atom is 0.309 e. The van der Waals surface area contributed by atoms with Crippen molar-refractivity contribution in [3.63, 3.8) is 0 Å². The number of hydrogen-bond donors (Lipinski definition) is 2. The smallest absolute Gasteiger partial charge is 0.309 e. The van der Waals surface area contributed by atoms with Gasteiger partial charge in [0.2, 0.25) is 0 Å². The van der Waals surface area contributed by atoms with Crippen LogP contribution in [0.2, 0.25) is 0 Å². The van der Waals surface area contributed by atoms with Crippen LogP contribution in [-0.2, 0) is 38.2 Å². The lowest BCUT2D eigenvalue weighted by molar-refractivity contribution is -0.151. The van der Waals surface area contributed by atoms with Gasteiger partial charge >= 0.3 is 29.8 Å². The molecule has 135 heavy (non-hydrogen) atoms. The number of carboxylic acid groups (broad SMARTS) is 2. The number of esters is 3. The predicted octanol–water partition coefficient (Wildman–Crippen LogP) is 34.3. The molecule has 0 amide bonds. The predicted molar refractivity (Wildman–Crippen MR) is 581 cm³/mol. The SMILES string of the molecule is CCCCCCCCC(CCCCCC)C(=O)OCCCCCCN(CCCCCCOC(=O)C(CCCCCC)CCCCCCCC)CCN(CCCCCCOC(=O)C(CCCCCC)CCCCCCCC)CCN1CCN(CCN(CCCCCCC(CCCCCC)(CCCCCCCC)C(=O)O)CCCCCCC(CCCCCC)(CCCCCCCC)C(=O)O)CC1. The Kier molecular flexibility index (Phi) is 93.8. The Bertz CT molecular complexity index is 2440. The zero-order chi connectivity index (χ0) is 98.3. The van der Waals surface area contributed by atoms with Crippen LogP contribution in [0.5, 0.6) is 0 Å². The topological polar surface area (TPSA) is 170 Å². The molecule has 1 heterocycles. The molecule has 0 aromatic rings. The summed E-state index contributed by atoms with van der Waals surface area (Å²) < 4.78 is 18.4. The van der Waals surface area contributed by atoms with E-state index in [1.165, 1.54) is 231 Å².